The van der Waals surface area contributed by atoms with Crippen LogP contribution in [0.15, 0.2) is 53.1 Å². The van der Waals surface area contributed by atoms with Crippen LogP contribution >= 0.6 is 0 Å². The molecule has 0 aliphatic heterocycles. The molecule has 2 aromatic carbocycles. The first-order valence-corrected chi connectivity index (χ1v) is 9.41. The van der Waals surface area contributed by atoms with Gasteiger partial charge in [-0.3, -0.25) is 14.5 Å². The van der Waals surface area contributed by atoms with Crippen molar-refractivity contribution in [1.82, 2.24) is 15.0 Å². The number of likely N-dealkylation sites (N-methyl/N-ethyl adjacent to an activating group) is 1. The summed E-state index contributed by atoms with van der Waals surface area (Å²) in [6, 6.07) is 12.7. The molecular weight excluding hydrogens is 389 g/mol. The zero-order valence-corrected chi connectivity index (χ0v) is 16.7. The van der Waals surface area contributed by atoms with E-state index in [-0.39, 0.29) is 24.2 Å². The number of benzene rings is 2. The molecule has 9 heteroatoms. The van der Waals surface area contributed by atoms with E-state index < -0.39 is 0 Å². The van der Waals surface area contributed by atoms with Crippen LogP contribution in [0.5, 0.6) is 0 Å². The molecule has 0 spiro atoms. The van der Waals surface area contributed by atoms with E-state index in [0.29, 0.717) is 41.7 Å². The highest BCUT2D eigenvalue weighted by atomic mass is 19.1. The number of hydrogen-bond donors (Lipinski definition) is 2. The first-order valence-electron chi connectivity index (χ1n) is 9.41. The number of hydrogen-bond acceptors (Lipinski definition) is 6. The maximum Gasteiger partial charge on any atom is 0.241 e. The fourth-order valence-corrected chi connectivity index (χ4v) is 2.75. The summed E-state index contributed by atoms with van der Waals surface area (Å²) in [6.45, 7) is 4.40. The first kappa shape index (κ1) is 21.1. The molecule has 0 saturated heterocycles. The van der Waals surface area contributed by atoms with Gasteiger partial charge in [0.1, 0.15) is 5.82 Å². The van der Waals surface area contributed by atoms with Crippen molar-refractivity contribution >= 4 is 23.2 Å². The Labute approximate surface area is 173 Å². The molecule has 1 heterocycles. The highest BCUT2D eigenvalue weighted by molar-refractivity contribution is 5.93. The van der Waals surface area contributed by atoms with E-state index in [4.69, 9.17) is 4.52 Å². The molecule has 2 amide bonds. The van der Waals surface area contributed by atoms with Gasteiger partial charge in [-0.1, -0.05) is 12.1 Å². The van der Waals surface area contributed by atoms with Crippen molar-refractivity contribution in [2.45, 2.75) is 20.4 Å². The standard InChI is InChI=1S/C21H22FN5O3/c1-3-27(12-19(29)24-18-10-8-17(9-11-18)23-14(2)28)13-20-25-21(26-30-20)15-4-6-16(22)7-5-15/h4-11H,3,12-13H2,1-2H3,(H,23,28)(H,24,29). The summed E-state index contributed by atoms with van der Waals surface area (Å²) >= 11 is 0. The molecule has 0 fully saturated rings. The Balaban J connectivity index is 1.55. The summed E-state index contributed by atoms with van der Waals surface area (Å²) in [5.74, 6) is 0.0418. The van der Waals surface area contributed by atoms with Crippen LogP contribution in [-0.4, -0.2) is 39.9 Å². The van der Waals surface area contributed by atoms with Gasteiger partial charge in [-0.25, -0.2) is 4.39 Å². The van der Waals surface area contributed by atoms with Gasteiger partial charge in [0, 0.05) is 23.9 Å². The van der Waals surface area contributed by atoms with Crippen LogP contribution in [0.1, 0.15) is 19.7 Å². The molecule has 3 aromatic rings. The van der Waals surface area contributed by atoms with Crippen molar-refractivity contribution in [2.24, 2.45) is 0 Å². The summed E-state index contributed by atoms with van der Waals surface area (Å²) in [7, 11) is 0. The second-order valence-corrected chi connectivity index (χ2v) is 6.63. The van der Waals surface area contributed by atoms with Gasteiger partial charge < -0.3 is 15.2 Å². The molecule has 0 atom stereocenters. The molecule has 2 N–H and O–H groups in total. The van der Waals surface area contributed by atoms with Crippen molar-refractivity contribution < 1.29 is 18.5 Å². The van der Waals surface area contributed by atoms with E-state index in [9.17, 15) is 14.0 Å². The number of carbonyl (C=O) groups is 2. The lowest BCUT2D eigenvalue weighted by atomic mass is 10.2. The van der Waals surface area contributed by atoms with E-state index in [1.807, 2.05) is 11.8 Å². The number of carbonyl (C=O) groups excluding carboxylic acids is 2. The summed E-state index contributed by atoms with van der Waals surface area (Å²) in [4.78, 5) is 29.6. The monoisotopic (exact) mass is 411 g/mol. The van der Waals surface area contributed by atoms with Gasteiger partial charge in [-0.2, -0.15) is 4.98 Å². The molecule has 0 aliphatic carbocycles. The minimum Gasteiger partial charge on any atom is -0.338 e. The second kappa shape index (κ2) is 9.75. The lowest BCUT2D eigenvalue weighted by molar-refractivity contribution is -0.117. The summed E-state index contributed by atoms with van der Waals surface area (Å²) in [5, 5.41) is 9.40. The Bertz CT molecular complexity index is 1000. The highest BCUT2D eigenvalue weighted by Crippen LogP contribution is 2.17. The lowest BCUT2D eigenvalue weighted by Gasteiger charge is -2.17. The SMILES string of the molecule is CCN(CC(=O)Nc1ccc(NC(C)=O)cc1)Cc1nc(-c2ccc(F)cc2)no1. The van der Waals surface area contributed by atoms with Gasteiger partial charge in [0.2, 0.25) is 23.5 Å². The first-order chi connectivity index (χ1) is 14.4. The molecular formula is C21H22FN5O3. The minimum atomic E-state index is -0.338. The van der Waals surface area contributed by atoms with Gasteiger partial charge in [0.25, 0.3) is 0 Å². The fraction of sp³-hybridized carbons (Fsp3) is 0.238. The highest BCUT2D eigenvalue weighted by Gasteiger charge is 2.15. The normalized spacial score (nSPS) is 10.8. The number of halogens is 1. The Kier molecular flexibility index (Phi) is 6.87. The predicted octanol–water partition coefficient (Wildman–Crippen LogP) is 3.29. The molecule has 3 rings (SSSR count). The molecule has 0 aliphatic rings. The van der Waals surface area contributed by atoms with E-state index >= 15 is 0 Å². The van der Waals surface area contributed by atoms with Crippen LogP contribution in [-0.2, 0) is 16.1 Å². The second-order valence-electron chi connectivity index (χ2n) is 6.63. The van der Waals surface area contributed by atoms with Crippen LogP contribution in [0, 0.1) is 5.82 Å². The van der Waals surface area contributed by atoms with Crippen molar-refractivity contribution in [3.05, 3.63) is 60.2 Å². The average molecular weight is 411 g/mol. The van der Waals surface area contributed by atoms with Crippen molar-refractivity contribution in [2.75, 3.05) is 23.7 Å². The molecule has 0 saturated carbocycles. The van der Waals surface area contributed by atoms with E-state index in [2.05, 4.69) is 20.8 Å². The molecule has 1 aromatic heterocycles. The topological polar surface area (TPSA) is 100 Å². The maximum atomic E-state index is 13.0. The van der Waals surface area contributed by atoms with Gasteiger partial charge in [-0.05, 0) is 55.1 Å². The number of rotatable bonds is 8. The maximum absolute atomic E-state index is 13.0. The molecule has 0 bridgehead atoms. The number of aromatic nitrogens is 2. The number of nitrogens with zero attached hydrogens (tertiary/aromatic N) is 3. The van der Waals surface area contributed by atoms with Crippen LogP contribution in [0.2, 0.25) is 0 Å². The Morgan fingerprint density at radius 1 is 1.03 bits per heavy atom. The van der Waals surface area contributed by atoms with Crippen LogP contribution in [0.4, 0.5) is 15.8 Å². The predicted molar refractivity (Wildman–Crippen MR) is 110 cm³/mol. The van der Waals surface area contributed by atoms with Crippen LogP contribution in [0.3, 0.4) is 0 Å². The van der Waals surface area contributed by atoms with Crippen LogP contribution < -0.4 is 10.6 Å². The summed E-state index contributed by atoms with van der Waals surface area (Å²) in [6.07, 6.45) is 0. The summed E-state index contributed by atoms with van der Waals surface area (Å²) < 4.78 is 18.3. The summed E-state index contributed by atoms with van der Waals surface area (Å²) in [5.41, 5.74) is 1.93. The molecule has 156 valence electrons. The van der Waals surface area contributed by atoms with E-state index in [1.165, 1.54) is 19.1 Å². The van der Waals surface area contributed by atoms with Gasteiger partial charge in [-0.15, -0.1) is 0 Å². The fourth-order valence-electron chi connectivity index (χ4n) is 2.75. The van der Waals surface area contributed by atoms with E-state index in [1.54, 1.807) is 36.4 Å². The quantitative estimate of drug-likeness (QED) is 0.590. The number of anilines is 2. The zero-order chi connectivity index (χ0) is 21.5. The van der Waals surface area contributed by atoms with Crippen molar-refractivity contribution in [1.29, 1.82) is 0 Å². The molecule has 30 heavy (non-hydrogen) atoms. The zero-order valence-electron chi connectivity index (χ0n) is 16.7. The third-order valence-electron chi connectivity index (χ3n) is 4.23. The minimum absolute atomic E-state index is 0.137. The third-order valence-corrected chi connectivity index (χ3v) is 4.23. The Morgan fingerprint density at radius 2 is 1.67 bits per heavy atom. The van der Waals surface area contributed by atoms with Gasteiger partial charge in [0.05, 0.1) is 13.1 Å². The molecule has 0 unspecified atom stereocenters. The van der Waals surface area contributed by atoms with Crippen molar-refractivity contribution in [3.63, 3.8) is 0 Å². The smallest absolute Gasteiger partial charge is 0.241 e. The van der Waals surface area contributed by atoms with Gasteiger partial charge >= 0.3 is 0 Å². The Hall–Kier alpha value is -3.59. The van der Waals surface area contributed by atoms with E-state index in [0.717, 1.165) is 0 Å². The average Bonchev–Trinajstić information content (AvgIpc) is 3.17. The van der Waals surface area contributed by atoms with Gasteiger partial charge in [0.15, 0.2) is 0 Å². The third kappa shape index (κ3) is 5.95. The lowest BCUT2D eigenvalue weighted by Crippen LogP contribution is -2.32. The molecule has 0 radical (unpaired) electrons. The number of nitrogens with one attached hydrogen (secondary N) is 2. The largest absolute Gasteiger partial charge is 0.338 e. The Morgan fingerprint density at radius 3 is 2.27 bits per heavy atom. The van der Waals surface area contributed by atoms with Crippen molar-refractivity contribution in [3.8, 4) is 11.4 Å². The molecule has 8 nitrogen and oxygen atoms in total. The van der Waals surface area contributed by atoms with Crippen LogP contribution in [0.25, 0.3) is 11.4 Å². The number of amides is 2.